The molecule has 2 aromatic rings. The molecule has 1 aromatic heterocycles. The first-order valence-corrected chi connectivity index (χ1v) is 10.2. The fraction of sp³-hybridized carbons (Fsp3) is 0.412. The first kappa shape index (κ1) is 19.7. The molecule has 0 saturated carbocycles. The number of aromatic nitrogens is 1. The second-order valence-corrected chi connectivity index (χ2v) is 8.44. The third-order valence-corrected chi connectivity index (χ3v) is 6.80. The quantitative estimate of drug-likeness (QED) is 0.742. The molecular formula is C17H20ClN3O5S. The molecule has 0 aliphatic carbocycles. The van der Waals surface area contributed by atoms with E-state index in [0.717, 1.165) is 0 Å². The number of carbonyl (C=O) groups excluding carboxylic acids is 1. The van der Waals surface area contributed by atoms with Crippen molar-refractivity contribution in [2.45, 2.75) is 18.7 Å². The lowest BCUT2D eigenvalue weighted by Gasteiger charge is -2.33. The molecule has 0 atom stereocenters. The van der Waals surface area contributed by atoms with Crippen molar-refractivity contribution >= 4 is 27.5 Å². The first-order chi connectivity index (χ1) is 12.8. The molecule has 1 fully saturated rings. The molecule has 1 aliphatic heterocycles. The number of hydrogen-bond donors (Lipinski definition) is 0. The SMILES string of the molecule is Cc1noc(C)c1S(=O)(=O)N1CCN(C(=O)COc2ccccc2Cl)CC1. The Kier molecular flexibility index (Phi) is 5.73. The van der Waals surface area contributed by atoms with Gasteiger partial charge in [0.05, 0.1) is 5.02 Å². The van der Waals surface area contributed by atoms with E-state index in [4.69, 9.17) is 20.9 Å². The molecule has 1 amide bonds. The van der Waals surface area contributed by atoms with Crippen molar-refractivity contribution < 1.29 is 22.5 Å². The molecule has 0 radical (unpaired) electrons. The summed E-state index contributed by atoms with van der Waals surface area (Å²) < 4.78 is 37.4. The Balaban J connectivity index is 1.58. The maximum absolute atomic E-state index is 12.8. The van der Waals surface area contributed by atoms with Gasteiger partial charge in [-0.3, -0.25) is 4.79 Å². The van der Waals surface area contributed by atoms with Crippen LogP contribution in [0.15, 0.2) is 33.7 Å². The van der Waals surface area contributed by atoms with E-state index in [9.17, 15) is 13.2 Å². The van der Waals surface area contributed by atoms with Crippen LogP contribution in [0.2, 0.25) is 5.02 Å². The van der Waals surface area contributed by atoms with Crippen LogP contribution in [0.25, 0.3) is 0 Å². The normalized spacial score (nSPS) is 15.7. The molecule has 0 unspecified atom stereocenters. The molecule has 2 heterocycles. The van der Waals surface area contributed by atoms with Gasteiger partial charge in [0.25, 0.3) is 5.91 Å². The van der Waals surface area contributed by atoms with E-state index in [2.05, 4.69) is 5.16 Å². The molecule has 1 aliphatic rings. The highest BCUT2D eigenvalue weighted by Gasteiger charge is 2.34. The lowest BCUT2D eigenvalue weighted by Crippen LogP contribution is -2.51. The van der Waals surface area contributed by atoms with Crippen LogP contribution in [0.3, 0.4) is 0 Å². The second kappa shape index (κ2) is 7.87. The average Bonchev–Trinajstić information content (AvgIpc) is 3.00. The minimum absolute atomic E-state index is 0.101. The van der Waals surface area contributed by atoms with Crippen LogP contribution in [-0.4, -0.2) is 61.5 Å². The van der Waals surface area contributed by atoms with Gasteiger partial charge in [-0.05, 0) is 26.0 Å². The summed E-state index contributed by atoms with van der Waals surface area (Å²) in [5, 5.41) is 4.14. The average molecular weight is 414 g/mol. The van der Waals surface area contributed by atoms with Crippen molar-refractivity contribution in [1.82, 2.24) is 14.4 Å². The lowest BCUT2D eigenvalue weighted by atomic mass is 10.3. The smallest absolute Gasteiger partial charge is 0.260 e. The van der Waals surface area contributed by atoms with Crippen molar-refractivity contribution in [3.05, 3.63) is 40.7 Å². The molecule has 3 rings (SSSR count). The Bertz CT molecular complexity index is 916. The number of aryl methyl sites for hydroxylation is 2. The van der Waals surface area contributed by atoms with Gasteiger partial charge in [-0.1, -0.05) is 28.9 Å². The third kappa shape index (κ3) is 4.10. The fourth-order valence-corrected chi connectivity index (χ4v) is 4.85. The van der Waals surface area contributed by atoms with Crippen LogP contribution in [0, 0.1) is 13.8 Å². The van der Waals surface area contributed by atoms with Crippen LogP contribution in [0.1, 0.15) is 11.5 Å². The van der Waals surface area contributed by atoms with Gasteiger partial charge in [-0.25, -0.2) is 8.42 Å². The highest BCUT2D eigenvalue weighted by Crippen LogP contribution is 2.25. The first-order valence-electron chi connectivity index (χ1n) is 8.39. The van der Waals surface area contributed by atoms with Crippen LogP contribution >= 0.6 is 11.6 Å². The van der Waals surface area contributed by atoms with Crippen molar-refractivity contribution in [1.29, 1.82) is 0 Å². The number of nitrogens with zero attached hydrogens (tertiary/aromatic N) is 3. The molecule has 1 aromatic carbocycles. The Hall–Kier alpha value is -2.10. The van der Waals surface area contributed by atoms with Crippen LogP contribution in [0.5, 0.6) is 5.75 Å². The van der Waals surface area contributed by atoms with E-state index in [0.29, 0.717) is 16.5 Å². The number of amides is 1. The van der Waals surface area contributed by atoms with Crippen molar-refractivity contribution in [3.63, 3.8) is 0 Å². The Morgan fingerprint density at radius 1 is 1.22 bits per heavy atom. The van der Waals surface area contributed by atoms with Crippen molar-refractivity contribution in [3.8, 4) is 5.75 Å². The summed E-state index contributed by atoms with van der Waals surface area (Å²) in [6, 6.07) is 6.91. The van der Waals surface area contributed by atoms with E-state index < -0.39 is 10.0 Å². The van der Waals surface area contributed by atoms with Crippen LogP contribution in [0.4, 0.5) is 0 Å². The lowest BCUT2D eigenvalue weighted by molar-refractivity contribution is -0.134. The second-order valence-electron chi connectivity index (χ2n) is 6.16. The molecule has 0 N–H and O–H groups in total. The molecule has 0 spiro atoms. The minimum Gasteiger partial charge on any atom is -0.482 e. The fourth-order valence-electron chi connectivity index (χ4n) is 2.94. The Labute approximate surface area is 162 Å². The number of para-hydroxylation sites is 1. The summed E-state index contributed by atoms with van der Waals surface area (Å²) in [5.74, 6) is 0.482. The van der Waals surface area contributed by atoms with Gasteiger partial charge in [0, 0.05) is 26.2 Å². The molecule has 10 heteroatoms. The number of rotatable bonds is 5. The monoisotopic (exact) mass is 413 g/mol. The van der Waals surface area contributed by atoms with Crippen LogP contribution < -0.4 is 4.74 Å². The van der Waals surface area contributed by atoms with Gasteiger partial charge >= 0.3 is 0 Å². The predicted molar refractivity (Wildman–Crippen MR) is 98.3 cm³/mol. The molecule has 27 heavy (non-hydrogen) atoms. The van der Waals surface area contributed by atoms with E-state index >= 15 is 0 Å². The van der Waals surface area contributed by atoms with Gasteiger partial charge in [0.2, 0.25) is 10.0 Å². The zero-order chi connectivity index (χ0) is 19.6. The van der Waals surface area contributed by atoms with Crippen molar-refractivity contribution in [2.24, 2.45) is 0 Å². The summed E-state index contributed by atoms with van der Waals surface area (Å²) in [6.45, 7) is 3.98. The van der Waals surface area contributed by atoms with E-state index in [-0.39, 0.29) is 49.3 Å². The molecule has 1 saturated heterocycles. The van der Waals surface area contributed by atoms with Gasteiger partial charge in [0.15, 0.2) is 12.4 Å². The van der Waals surface area contributed by atoms with Gasteiger partial charge in [0.1, 0.15) is 16.3 Å². The van der Waals surface area contributed by atoms with Crippen molar-refractivity contribution in [2.75, 3.05) is 32.8 Å². The van der Waals surface area contributed by atoms with Gasteiger partial charge < -0.3 is 14.2 Å². The Morgan fingerprint density at radius 3 is 2.48 bits per heavy atom. The standard InChI is InChI=1S/C17H20ClN3O5S/c1-12-17(13(2)26-19-12)27(23,24)21-9-7-20(8-10-21)16(22)11-25-15-6-4-3-5-14(15)18/h3-6H,7-11H2,1-2H3. The summed E-state index contributed by atoms with van der Waals surface area (Å²) in [6.07, 6.45) is 0. The van der Waals surface area contributed by atoms with Crippen LogP contribution in [-0.2, 0) is 14.8 Å². The third-order valence-electron chi connectivity index (χ3n) is 4.34. The number of halogens is 1. The summed E-state index contributed by atoms with van der Waals surface area (Å²) in [7, 11) is -3.70. The zero-order valence-corrected chi connectivity index (χ0v) is 16.6. The minimum atomic E-state index is -3.70. The van der Waals surface area contributed by atoms with Gasteiger partial charge in [-0.15, -0.1) is 0 Å². The molecule has 8 nitrogen and oxygen atoms in total. The number of hydrogen-bond acceptors (Lipinski definition) is 6. The zero-order valence-electron chi connectivity index (χ0n) is 15.0. The van der Waals surface area contributed by atoms with E-state index in [1.807, 2.05) is 0 Å². The molecular weight excluding hydrogens is 394 g/mol. The number of ether oxygens (including phenoxy) is 1. The number of benzene rings is 1. The highest BCUT2D eigenvalue weighted by atomic mass is 35.5. The summed E-state index contributed by atoms with van der Waals surface area (Å²) in [5.41, 5.74) is 0.333. The Morgan fingerprint density at radius 2 is 1.89 bits per heavy atom. The number of piperazine rings is 1. The predicted octanol–water partition coefficient (Wildman–Crippen LogP) is 1.86. The highest BCUT2D eigenvalue weighted by molar-refractivity contribution is 7.89. The van der Waals surface area contributed by atoms with E-state index in [1.54, 1.807) is 43.0 Å². The maximum Gasteiger partial charge on any atom is 0.260 e. The van der Waals surface area contributed by atoms with Gasteiger partial charge in [-0.2, -0.15) is 4.31 Å². The largest absolute Gasteiger partial charge is 0.482 e. The molecule has 146 valence electrons. The maximum atomic E-state index is 12.8. The number of sulfonamides is 1. The summed E-state index contributed by atoms with van der Waals surface area (Å²) in [4.78, 5) is 14.0. The van der Waals surface area contributed by atoms with E-state index in [1.165, 1.54) is 4.31 Å². The summed E-state index contributed by atoms with van der Waals surface area (Å²) >= 11 is 6.00. The topological polar surface area (TPSA) is 93.0 Å². The number of carbonyl (C=O) groups is 1. The molecule has 0 bridgehead atoms.